The van der Waals surface area contributed by atoms with E-state index in [1.165, 1.54) is 0 Å². The van der Waals surface area contributed by atoms with Gasteiger partial charge in [0.05, 0.1) is 23.7 Å². The number of nitrogens with zero attached hydrogens (tertiary/aromatic N) is 1. The Morgan fingerprint density at radius 2 is 1.90 bits per heavy atom. The summed E-state index contributed by atoms with van der Waals surface area (Å²) in [5.74, 6) is -3.10. The number of carboxylic acid groups (broad SMARTS) is 1. The maximum absolute atomic E-state index is 12.3. The summed E-state index contributed by atoms with van der Waals surface area (Å²) in [6.45, 7) is 3.31. The third kappa shape index (κ3) is 2.84. The van der Waals surface area contributed by atoms with Gasteiger partial charge >= 0.3 is 12.1 Å². The normalized spacial score (nSPS) is 23.5. The van der Waals surface area contributed by atoms with Crippen molar-refractivity contribution in [1.29, 1.82) is 0 Å². The monoisotopic (exact) mass is 302 g/mol. The number of hydrogen-bond donors (Lipinski definition) is 2. The number of pyridine rings is 1. The van der Waals surface area contributed by atoms with E-state index in [1.54, 1.807) is 13.8 Å². The standard InChI is InChI=1S/C13H13F3N2O3/c1-12(2)8(9(12)11(20)21)10(19)18-6-3-4-7(17-5-6)13(14,15)16/h3-5,8-9H,1-2H3,(H,18,19)(H,20,21)/t8-,9-/m1/s1. The molecule has 2 rings (SSSR count). The van der Waals surface area contributed by atoms with Crippen LogP contribution >= 0.6 is 0 Å². The van der Waals surface area contributed by atoms with E-state index in [9.17, 15) is 22.8 Å². The number of carbonyl (C=O) groups excluding carboxylic acids is 1. The van der Waals surface area contributed by atoms with Crippen molar-refractivity contribution in [2.45, 2.75) is 20.0 Å². The van der Waals surface area contributed by atoms with Gasteiger partial charge in [-0.1, -0.05) is 13.8 Å². The number of aliphatic carboxylic acids is 1. The first-order chi connectivity index (χ1) is 9.55. The third-order valence-electron chi connectivity index (χ3n) is 3.70. The number of halogens is 3. The first kappa shape index (κ1) is 15.3. The van der Waals surface area contributed by atoms with Gasteiger partial charge in [-0.15, -0.1) is 0 Å². The van der Waals surface area contributed by atoms with Gasteiger partial charge in [0.2, 0.25) is 5.91 Å². The highest BCUT2D eigenvalue weighted by molar-refractivity contribution is 5.99. The average Bonchev–Trinajstić information content (AvgIpc) is 2.92. The smallest absolute Gasteiger partial charge is 0.433 e. The second kappa shape index (κ2) is 4.71. The lowest BCUT2D eigenvalue weighted by molar-refractivity contribution is -0.141. The topological polar surface area (TPSA) is 79.3 Å². The van der Waals surface area contributed by atoms with E-state index in [2.05, 4.69) is 10.3 Å². The highest BCUT2D eigenvalue weighted by Crippen LogP contribution is 2.58. The van der Waals surface area contributed by atoms with Crippen LogP contribution in [0.5, 0.6) is 0 Å². The van der Waals surface area contributed by atoms with Crippen LogP contribution in [0.3, 0.4) is 0 Å². The molecule has 0 spiro atoms. The summed E-state index contributed by atoms with van der Waals surface area (Å²) in [6.07, 6.45) is -3.65. The van der Waals surface area contributed by atoms with Gasteiger partial charge in [0, 0.05) is 0 Å². The molecule has 2 atom stereocenters. The Morgan fingerprint density at radius 1 is 1.29 bits per heavy atom. The Bertz CT molecular complexity index is 581. The van der Waals surface area contributed by atoms with Crippen LogP contribution in [0.1, 0.15) is 19.5 Å². The number of alkyl halides is 3. The molecule has 1 aliphatic carbocycles. The zero-order chi connectivity index (χ0) is 16.0. The van der Waals surface area contributed by atoms with Crippen molar-refractivity contribution in [1.82, 2.24) is 4.98 Å². The molecule has 21 heavy (non-hydrogen) atoms. The fourth-order valence-corrected chi connectivity index (χ4v) is 2.44. The van der Waals surface area contributed by atoms with E-state index < -0.39 is 41.0 Å². The molecule has 0 aliphatic heterocycles. The summed E-state index contributed by atoms with van der Waals surface area (Å²) in [6, 6.07) is 1.83. The molecule has 0 unspecified atom stereocenters. The number of hydrogen-bond acceptors (Lipinski definition) is 3. The largest absolute Gasteiger partial charge is 0.481 e. The Morgan fingerprint density at radius 3 is 2.29 bits per heavy atom. The highest BCUT2D eigenvalue weighted by atomic mass is 19.4. The van der Waals surface area contributed by atoms with Gasteiger partial charge in [0.25, 0.3) is 0 Å². The van der Waals surface area contributed by atoms with Crippen LogP contribution < -0.4 is 5.32 Å². The minimum Gasteiger partial charge on any atom is -0.481 e. The lowest BCUT2D eigenvalue weighted by Gasteiger charge is -2.08. The summed E-state index contributed by atoms with van der Waals surface area (Å²) in [5.41, 5.74) is -1.63. The third-order valence-corrected chi connectivity index (χ3v) is 3.70. The molecule has 1 fully saturated rings. The zero-order valence-electron chi connectivity index (χ0n) is 11.2. The molecule has 1 heterocycles. The highest BCUT2D eigenvalue weighted by Gasteiger charge is 2.65. The first-order valence-electron chi connectivity index (χ1n) is 6.12. The summed E-state index contributed by atoms with van der Waals surface area (Å²) in [4.78, 5) is 26.2. The molecule has 0 aromatic carbocycles. The summed E-state index contributed by atoms with van der Waals surface area (Å²) < 4.78 is 37.0. The van der Waals surface area contributed by atoms with Gasteiger partial charge in [-0.25, -0.2) is 4.98 Å². The van der Waals surface area contributed by atoms with Crippen LogP contribution in [-0.2, 0) is 15.8 Å². The molecular formula is C13H13F3N2O3. The molecule has 1 aliphatic rings. The van der Waals surface area contributed by atoms with Crippen molar-refractivity contribution in [3.8, 4) is 0 Å². The van der Waals surface area contributed by atoms with Crippen molar-refractivity contribution < 1.29 is 27.9 Å². The van der Waals surface area contributed by atoms with E-state index in [0.717, 1.165) is 18.3 Å². The van der Waals surface area contributed by atoms with Crippen LogP contribution in [0.25, 0.3) is 0 Å². The SMILES string of the molecule is CC1(C)[C@@H](C(=O)O)[C@@H]1C(=O)Nc1ccc(C(F)(F)F)nc1. The molecule has 2 N–H and O–H groups in total. The fraction of sp³-hybridized carbons (Fsp3) is 0.462. The molecule has 0 saturated heterocycles. The van der Waals surface area contributed by atoms with Crippen LogP contribution in [0.2, 0.25) is 0 Å². The fourth-order valence-electron chi connectivity index (χ4n) is 2.44. The molecule has 1 amide bonds. The number of carbonyl (C=O) groups is 2. The summed E-state index contributed by atoms with van der Waals surface area (Å²) in [5, 5.41) is 11.4. The van der Waals surface area contributed by atoms with E-state index in [0.29, 0.717) is 0 Å². The Kier molecular flexibility index (Phi) is 3.43. The maximum atomic E-state index is 12.3. The Labute approximate surface area is 118 Å². The molecule has 8 heteroatoms. The van der Waals surface area contributed by atoms with Crippen molar-refractivity contribution in [3.05, 3.63) is 24.0 Å². The van der Waals surface area contributed by atoms with Crippen LogP contribution in [0.15, 0.2) is 18.3 Å². The molecule has 0 bridgehead atoms. The lowest BCUT2D eigenvalue weighted by atomic mass is 10.1. The molecule has 0 radical (unpaired) electrons. The second-order valence-corrected chi connectivity index (χ2v) is 5.53. The molecule has 1 aromatic heterocycles. The predicted molar refractivity (Wildman–Crippen MR) is 66.3 cm³/mol. The molecule has 1 saturated carbocycles. The van der Waals surface area contributed by atoms with Gasteiger partial charge in [0.15, 0.2) is 0 Å². The van der Waals surface area contributed by atoms with Gasteiger partial charge < -0.3 is 10.4 Å². The number of aromatic nitrogens is 1. The van der Waals surface area contributed by atoms with Crippen LogP contribution in [0.4, 0.5) is 18.9 Å². The van der Waals surface area contributed by atoms with E-state index in [-0.39, 0.29) is 5.69 Å². The van der Waals surface area contributed by atoms with Gasteiger partial charge in [0.1, 0.15) is 5.69 Å². The average molecular weight is 302 g/mol. The maximum Gasteiger partial charge on any atom is 0.433 e. The second-order valence-electron chi connectivity index (χ2n) is 5.53. The molecular weight excluding hydrogens is 289 g/mol. The van der Waals surface area contributed by atoms with Gasteiger partial charge in [-0.3, -0.25) is 9.59 Å². The quantitative estimate of drug-likeness (QED) is 0.898. The minimum absolute atomic E-state index is 0.0971. The summed E-state index contributed by atoms with van der Waals surface area (Å²) >= 11 is 0. The predicted octanol–water partition coefficient (Wildman–Crippen LogP) is 2.40. The van der Waals surface area contributed by atoms with Crippen molar-refractivity contribution >= 4 is 17.6 Å². The lowest BCUT2D eigenvalue weighted by Crippen LogP contribution is -2.18. The number of amides is 1. The van der Waals surface area contributed by atoms with Crippen molar-refractivity contribution in [2.24, 2.45) is 17.3 Å². The number of rotatable bonds is 3. The van der Waals surface area contributed by atoms with Crippen LogP contribution in [0, 0.1) is 17.3 Å². The number of anilines is 1. The Hall–Kier alpha value is -2.12. The molecule has 5 nitrogen and oxygen atoms in total. The zero-order valence-corrected chi connectivity index (χ0v) is 11.2. The number of nitrogens with one attached hydrogen (secondary N) is 1. The van der Waals surface area contributed by atoms with Crippen molar-refractivity contribution in [2.75, 3.05) is 5.32 Å². The van der Waals surface area contributed by atoms with E-state index >= 15 is 0 Å². The van der Waals surface area contributed by atoms with Gasteiger partial charge in [-0.2, -0.15) is 13.2 Å². The minimum atomic E-state index is -4.55. The van der Waals surface area contributed by atoms with Crippen LogP contribution in [-0.4, -0.2) is 22.0 Å². The number of carboxylic acids is 1. The Balaban J connectivity index is 2.06. The van der Waals surface area contributed by atoms with Gasteiger partial charge in [-0.05, 0) is 17.5 Å². The van der Waals surface area contributed by atoms with Crippen molar-refractivity contribution in [3.63, 3.8) is 0 Å². The molecule has 1 aromatic rings. The van der Waals surface area contributed by atoms with E-state index in [1.807, 2.05) is 0 Å². The molecule has 114 valence electrons. The first-order valence-corrected chi connectivity index (χ1v) is 6.12. The van der Waals surface area contributed by atoms with E-state index in [4.69, 9.17) is 5.11 Å². The summed E-state index contributed by atoms with van der Waals surface area (Å²) in [7, 11) is 0.